The van der Waals surface area contributed by atoms with Gasteiger partial charge in [-0.25, -0.2) is 4.39 Å². The Morgan fingerprint density at radius 1 is 1.00 bits per heavy atom. The van der Waals surface area contributed by atoms with Gasteiger partial charge in [0.05, 0.1) is 6.10 Å². The second-order valence-electron chi connectivity index (χ2n) is 7.48. The van der Waals surface area contributed by atoms with Gasteiger partial charge in [-0.2, -0.15) is 0 Å². The summed E-state index contributed by atoms with van der Waals surface area (Å²) in [6.07, 6.45) is 0.658. The van der Waals surface area contributed by atoms with Crippen molar-refractivity contribution in [1.82, 2.24) is 0 Å². The van der Waals surface area contributed by atoms with Crippen molar-refractivity contribution < 1.29 is 9.13 Å². The predicted molar refractivity (Wildman–Crippen MR) is 120 cm³/mol. The first-order valence-corrected chi connectivity index (χ1v) is 9.97. The highest BCUT2D eigenvalue weighted by Crippen LogP contribution is 2.30. The van der Waals surface area contributed by atoms with Gasteiger partial charge in [-0.05, 0) is 73.9 Å². The van der Waals surface area contributed by atoms with E-state index in [1.807, 2.05) is 70.4 Å². The van der Waals surface area contributed by atoms with E-state index in [4.69, 9.17) is 16.3 Å². The molecular weight excluding hydrogens is 387 g/mol. The average Bonchev–Trinajstić information content (AvgIpc) is 2.66. The maximum atomic E-state index is 14.4. The standard InChI is InChI=1S/C24H26ClFN2O/c1-16(2)29-24-12-9-20(15-22(24)26)27-23-11-10-21(28(3)4)14-18(23)13-17-5-7-19(25)8-6-17/h5-12,14-16,27H,13H2,1-4H3. The van der Waals surface area contributed by atoms with Crippen LogP contribution >= 0.6 is 11.6 Å². The zero-order valence-corrected chi connectivity index (χ0v) is 17.9. The molecule has 3 rings (SSSR count). The van der Waals surface area contributed by atoms with Gasteiger partial charge in [0.1, 0.15) is 0 Å². The molecule has 0 fully saturated rings. The minimum absolute atomic E-state index is 0.0761. The number of nitrogens with one attached hydrogen (secondary N) is 1. The highest BCUT2D eigenvalue weighted by molar-refractivity contribution is 6.30. The zero-order chi connectivity index (χ0) is 21.0. The zero-order valence-electron chi connectivity index (χ0n) is 17.2. The van der Waals surface area contributed by atoms with Gasteiger partial charge in [0.15, 0.2) is 11.6 Å². The third-order valence-corrected chi connectivity index (χ3v) is 4.74. The summed E-state index contributed by atoms with van der Waals surface area (Å²) in [6.45, 7) is 3.75. The Morgan fingerprint density at radius 3 is 2.34 bits per heavy atom. The fourth-order valence-electron chi connectivity index (χ4n) is 3.03. The first kappa shape index (κ1) is 21.0. The van der Waals surface area contributed by atoms with Crippen molar-refractivity contribution in [2.75, 3.05) is 24.3 Å². The molecule has 1 N–H and O–H groups in total. The summed E-state index contributed by atoms with van der Waals surface area (Å²) in [4.78, 5) is 2.06. The van der Waals surface area contributed by atoms with Crippen LogP contribution in [0.2, 0.25) is 5.02 Å². The van der Waals surface area contributed by atoms with Crippen LogP contribution in [0, 0.1) is 5.82 Å². The van der Waals surface area contributed by atoms with E-state index < -0.39 is 0 Å². The molecule has 0 aliphatic heterocycles. The number of halogens is 2. The molecule has 0 aliphatic carbocycles. The maximum absolute atomic E-state index is 14.4. The number of rotatable bonds is 7. The van der Waals surface area contributed by atoms with E-state index in [1.54, 1.807) is 6.07 Å². The van der Waals surface area contributed by atoms with Crippen molar-refractivity contribution >= 4 is 28.7 Å². The van der Waals surface area contributed by atoms with Crippen LogP contribution in [-0.2, 0) is 6.42 Å². The number of hydrogen-bond acceptors (Lipinski definition) is 3. The lowest BCUT2D eigenvalue weighted by Crippen LogP contribution is -2.10. The molecular formula is C24H26ClFN2O. The highest BCUT2D eigenvalue weighted by Gasteiger charge is 2.10. The summed E-state index contributed by atoms with van der Waals surface area (Å²) in [6, 6.07) is 19.0. The Morgan fingerprint density at radius 2 is 1.72 bits per heavy atom. The molecule has 152 valence electrons. The third kappa shape index (κ3) is 5.64. The van der Waals surface area contributed by atoms with E-state index in [9.17, 15) is 4.39 Å². The van der Waals surface area contributed by atoms with Crippen molar-refractivity contribution in [3.8, 4) is 5.75 Å². The number of hydrogen-bond donors (Lipinski definition) is 1. The van der Waals surface area contributed by atoms with E-state index >= 15 is 0 Å². The van der Waals surface area contributed by atoms with Gasteiger partial charge in [-0.15, -0.1) is 0 Å². The van der Waals surface area contributed by atoms with Crippen LogP contribution in [-0.4, -0.2) is 20.2 Å². The summed E-state index contributed by atoms with van der Waals surface area (Å²) in [7, 11) is 4.02. The first-order chi connectivity index (χ1) is 13.8. The lowest BCUT2D eigenvalue weighted by Gasteiger charge is -2.18. The third-order valence-electron chi connectivity index (χ3n) is 4.49. The molecule has 3 aromatic rings. The largest absolute Gasteiger partial charge is 0.488 e. The van der Waals surface area contributed by atoms with Gasteiger partial charge < -0.3 is 15.0 Å². The van der Waals surface area contributed by atoms with Gasteiger partial charge in [0.2, 0.25) is 0 Å². The summed E-state index contributed by atoms with van der Waals surface area (Å²) in [5, 5.41) is 4.07. The maximum Gasteiger partial charge on any atom is 0.167 e. The van der Waals surface area contributed by atoms with E-state index in [1.165, 1.54) is 6.07 Å². The molecule has 3 aromatic carbocycles. The summed E-state index contributed by atoms with van der Waals surface area (Å²) < 4.78 is 19.9. The molecule has 0 radical (unpaired) electrons. The highest BCUT2D eigenvalue weighted by atomic mass is 35.5. The Bertz CT molecular complexity index is 971. The second-order valence-corrected chi connectivity index (χ2v) is 7.91. The molecule has 5 heteroatoms. The average molecular weight is 413 g/mol. The Kier molecular flexibility index (Phi) is 6.65. The van der Waals surface area contributed by atoms with Crippen LogP contribution in [0.15, 0.2) is 60.7 Å². The van der Waals surface area contributed by atoms with Crippen LogP contribution in [0.3, 0.4) is 0 Å². The lowest BCUT2D eigenvalue weighted by molar-refractivity contribution is 0.231. The molecule has 0 saturated carbocycles. The molecule has 0 heterocycles. The number of benzene rings is 3. The lowest BCUT2D eigenvalue weighted by atomic mass is 10.0. The Labute approximate surface area is 177 Å². The fraction of sp³-hybridized carbons (Fsp3) is 0.250. The molecule has 0 aromatic heterocycles. The van der Waals surface area contributed by atoms with Crippen molar-refractivity contribution in [3.63, 3.8) is 0 Å². The van der Waals surface area contributed by atoms with Gasteiger partial charge in [0, 0.05) is 42.2 Å². The topological polar surface area (TPSA) is 24.5 Å². The van der Waals surface area contributed by atoms with Gasteiger partial charge in [-0.1, -0.05) is 23.7 Å². The van der Waals surface area contributed by atoms with E-state index in [2.05, 4.69) is 16.3 Å². The molecule has 0 saturated heterocycles. The molecule has 0 spiro atoms. The van der Waals surface area contributed by atoms with E-state index in [0.717, 1.165) is 28.9 Å². The van der Waals surface area contributed by atoms with Crippen LogP contribution in [0.1, 0.15) is 25.0 Å². The van der Waals surface area contributed by atoms with Crippen molar-refractivity contribution in [2.45, 2.75) is 26.4 Å². The van der Waals surface area contributed by atoms with Crippen molar-refractivity contribution in [2.24, 2.45) is 0 Å². The minimum Gasteiger partial charge on any atom is -0.488 e. The molecule has 0 unspecified atom stereocenters. The number of nitrogens with zero attached hydrogens (tertiary/aromatic N) is 1. The van der Waals surface area contributed by atoms with Crippen LogP contribution < -0.4 is 15.0 Å². The summed E-state index contributed by atoms with van der Waals surface area (Å²) in [5.74, 6) is -0.122. The van der Waals surface area contributed by atoms with Gasteiger partial charge in [-0.3, -0.25) is 0 Å². The molecule has 0 bridgehead atoms. The van der Waals surface area contributed by atoms with E-state index in [-0.39, 0.29) is 17.7 Å². The second kappa shape index (κ2) is 9.19. The molecule has 3 nitrogen and oxygen atoms in total. The SMILES string of the molecule is CC(C)Oc1ccc(Nc2ccc(N(C)C)cc2Cc2ccc(Cl)cc2)cc1F. The van der Waals surface area contributed by atoms with Crippen molar-refractivity contribution in [1.29, 1.82) is 0 Å². The monoisotopic (exact) mass is 412 g/mol. The van der Waals surface area contributed by atoms with Crippen LogP contribution in [0.5, 0.6) is 5.75 Å². The fourth-order valence-corrected chi connectivity index (χ4v) is 3.16. The number of ether oxygens (including phenoxy) is 1. The van der Waals surface area contributed by atoms with E-state index in [0.29, 0.717) is 10.7 Å². The van der Waals surface area contributed by atoms with Crippen LogP contribution in [0.4, 0.5) is 21.5 Å². The Hall–Kier alpha value is -2.72. The molecule has 29 heavy (non-hydrogen) atoms. The predicted octanol–water partition coefficient (Wildman–Crippen LogP) is 6.67. The van der Waals surface area contributed by atoms with Crippen molar-refractivity contribution in [3.05, 3.63) is 82.6 Å². The summed E-state index contributed by atoms with van der Waals surface area (Å²) in [5.41, 5.74) is 4.98. The number of anilines is 3. The minimum atomic E-state index is -0.382. The molecule has 0 amide bonds. The molecule has 0 atom stereocenters. The Balaban J connectivity index is 1.89. The first-order valence-electron chi connectivity index (χ1n) is 9.60. The van der Waals surface area contributed by atoms with Gasteiger partial charge in [0.25, 0.3) is 0 Å². The van der Waals surface area contributed by atoms with Gasteiger partial charge >= 0.3 is 0 Å². The molecule has 0 aliphatic rings. The summed E-state index contributed by atoms with van der Waals surface area (Å²) >= 11 is 6.01. The normalized spacial score (nSPS) is 10.9. The van der Waals surface area contributed by atoms with Crippen LogP contribution in [0.25, 0.3) is 0 Å². The smallest absolute Gasteiger partial charge is 0.167 e. The quantitative estimate of drug-likeness (QED) is 0.469.